The lowest BCUT2D eigenvalue weighted by molar-refractivity contribution is -0.144. The van der Waals surface area contributed by atoms with Crippen molar-refractivity contribution in [1.29, 1.82) is 0 Å². The van der Waals surface area contributed by atoms with Gasteiger partial charge in [0.2, 0.25) is 5.78 Å². The first kappa shape index (κ1) is 30.6. The number of hydrogen-bond donors (Lipinski definition) is 5. The summed E-state index contributed by atoms with van der Waals surface area (Å²) in [6.45, 7) is 9.39. The highest BCUT2D eigenvalue weighted by molar-refractivity contribution is 6.24. The lowest BCUT2D eigenvalue weighted by Crippen LogP contribution is -2.57. The molecule has 3 fully saturated rings. The Kier molecular flexibility index (Phi) is 7.20. The Morgan fingerprint density at radius 1 is 1.07 bits per heavy atom. The molecule has 2 bridgehead atoms. The van der Waals surface area contributed by atoms with Gasteiger partial charge in [-0.25, -0.2) is 0 Å². The van der Waals surface area contributed by atoms with Crippen LogP contribution in [0, 0.1) is 35.0 Å². The molecular weight excluding hydrogens is 562 g/mol. The van der Waals surface area contributed by atoms with Crippen molar-refractivity contribution in [3.8, 4) is 5.75 Å². The quantitative estimate of drug-likeness (QED) is 0.292. The Morgan fingerprint density at radius 3 is 2.36 bits per heavy atom. The number of nitrogens with two attached hydrogens (primary N) is 1. The maximum absolute atomic E-state index is 14.0. The number of fused-ring (bicyclic) bond motifs is 5. The first-order chi connectivity index (χ1) is 20.6. The number of aliphatic hydroxyl groups excluding tert-OH is 2. The molecule has 0 aliphatic heterocycles. The molecule has 44 heavy (non-hydrogen) atoms. The van der Waals surface area contributed by atoms with Gasteiger partial charge in [0, 0.05) is 50.8 Å². The minimum atomic E-state index is -2.56. The largest absolute Gasteiger partial charge is 0.511 e. The molecule has 6 atom stereocenters. The Labute approximate surface area is 258 Å². The number of allylic oxidation sites excluding steroid dienone is 2. The third-order valence-corrected chi connectivity index (χ3v) is 11.9. The molecule has 3 saturated carbocycles. The average Bonchev–Trinajstić information content (AvgIpc) is 2.94. The predicted molar refractivity (Wildman–Crippen MR) is 164 cm³/mol. The zero-order valence-corrected chi connectivity index (χ0v) is 26.3. The van der Waals surface area contributed by atoms with Gasteiger partial charge in [-0.05, 0) is 84.9 Å². The lowest BCUT2D eigenvalue weighted by atomic mass is 9.45. The van der Waals surface area contributed by atoms with E-state index in [2.05, 4.69) is 25.7 Å². The third kappa shape index (κ3) is 4.24. The van der Waals surface area contributed by atoms with Crippen LogP contribution in [0.1, 0.15) is 74.4 Å². The highest BCUT2D eigenvalue weighted by Crippen LogP contribution is 2.61. The van der Waals surface area contributed by atoms with Crippen molar-refractivity contribution in [1.82, 2.24) is 4.90 Å². The first-order valence-corrected chi connectivity index (χ1v) is 15.9. The Morgan fingerprint density at radius 2 is 1.77 bits per heavy atom. The number of rotatable bonds is 7. The fraction of sp³-hybridized carbons (Fsp3) is 0.618. The van der Waals surface area contributed by atoms with Crippen molar-refractivity contribution in [3.05, 3.63) is 45.4 Å². The van der Waals surface area contributed by atoms with Crippen molar-refractivity contribution >= 4 is 23.2 Å². The maximum Gasteiger partial charge on any atom is 0.255 e. The summed E-state index contributed by atoms with van der Waals surface area (Å²) in [4.78, 5) is 43.5. The molecule has 238 valence electrons. The first-order valence-electron chi connectivity index (χ1n) is 15.9. The van der Waals surface area contributed by atoms with Crippen molar-refractivity contribution in [2.45, 2.75) is 71.4 Å². The molecule has 6 aliphatic rings. The second-order valence-corrected chi connectivity index (χ2v) is 14.6. The molecule has 3 unspecified atom stereocenters. The standard InChI is InChI=1S/C34H45N3O7/c1-6-37(14-16-7-8-19-12-22(16)33(19,2)3)15-18-11-23(38)26-21(28(18)36(4)5)10-17-9-20-13-24(39)27(32(35)43)31(42)34(20,44)30(41)25(17)29(26)40/h11,16-17,19-20,22,38-39,41,44H,6-10,12-15H2,1-5H3,(H2,35,43)/t16-,17?,19?,20+,22?,34+/m1/s1. The van der Waals surface area contributed by atoms with Crippen LogP contribution in [-0.4, -0.2) is 75.6 Å². The van der Waals surface area contributed by atoms with Crippen LogP contribution in [0.2, 0.25) is 0 Å². The molecular formula is C34H45N3O7. The lowest BCUT2D eigenvalue weighted by Gasteiger charge is -2.60. The minimum Gasteiger partial charge on any atom is -0.511 e. The van der Waals surface area contributed by atoms with E-state index in [0.29, 0.717) is 23.4 Å². The molecule has 0 spiro atoms. The predicted octanol–water partition coefficient (Wildman–Crippen LogP) is 3.54. The van der Waals surface area contributed by atoms with Crippen molar-refractivity contribution in [2.75, 3.05) is 32.1 Å². The van der Waals surface area contributed by atoms with E-state index in [0.717, 1.165) is 36.2 Å². The second kappa shape index (κ2) is 10.3. The summed E-state index contributed by atoms with van der Waals surface area (Å²) in [7, 11) is 3.82. The van der Waals surface area contributed by atoms with E-state index >= 15 is 0 Å². The van der Waals surface area contributed by atoms with Crippen molar-refractivity contribution in [3.63, 3.8) is 0 Å². The normalized spacial score (nSPS) is 32.2. The molecule has 6 N–H and O–H groups in total. The number of aromatic hydroxyl groups is 1. The highest BCUT2D eigenvalue weighted by Gasteiger charge is 2.60. The van der Waals surface area contributed by atoms with E-state index < -0.39 is 52.0 Å². The number of Topliss-reactive ketones (excluding diaryl/α,β-unsaturated/α-hetero) is 2. The molecule has 0 saturated heterocycles. The molecule has 10 heteroatoms. The van der Waals surface area contributed by atoms with Crippen molar-refractivity contribution in [2.24, 2.45) is 40.7 Å². The molecule has 0 heterocycles. The van der Waals surface area contributed by atoms with E-state index in [9.17, 15) is 34.8 Å². The molecule has 6 aliphatic carbocycles. The fourth-order valence-electron chi connectivity index (χ4n) is 9.48. The summed E-state index contributed by atoms with van der Waals surface area (Å²) in [5.41, 5.74) is 4.68. The van der Waals surface area contributed by atoms with Crippen LogP contribution in [0.4, 0.5) is 5.69 Å². The summed E-state index contributed by atoms with van der Waals surface area (Å²) >= 11 is 0. The van der Waals surface area contributed by atoms with Gasteiger partial charge < -0.3 is 31.1 Å². The number of phenols is 1. The fourth-order valence-corrected chi connectivity index (χ4v) is 9.48. The summed E-state index contributed by atoms with van der Waals surface area (Å²) in [6, 6.07) is 1.63. The van der Waals surface area contributed by atoms with E-state index in [4.69, 9.17) is 5.73 Å². The molecule has 0 radical (unpaired) electrons. The number of amides is 1. The number of phenolic OH excluding ortho intramolecular Hbond substituents is 1. The van der Waals surface area contributed by atoms with Crippen LogP contribution in [0.15, 0.2) is 28.7 Å². The van der Waals surface area contributed by atoms with Gasteiger partial charge in [-0.2, -0.15) is 0 Å². The van der Waals surface area contributed by atoms with E-state index in [1.165, 1.54) is 19.3 Å². The highest BCUT2D eigenvalue weighted by atomic mass is 16.3. The molecule has 0 aromatic heterocycles. The van der Waals surface area contributed by atoms with Crippen molar-refractivity contribution < 1.29 is 34.8 Å². The second-order valence-electron chi connectivity index (χ2n) is 14.6. The number of anilines is 1. The van der Waals surface area contributed by atoms with Gasteiger partial charge in [-0.3, -0.25) is 19.3 Å². The smallest absolute Gasteiger partial charge is 0.255 e. The van der Waals surface area contributed by atoms with Crippen LogP contribution in [-0.2, 0) is 22.6 Å². The molecule has 1 aromatic carbocycles. The van der Waals surface area contributed by atoms with Gasteiger partial charge in [0.1, 0.15) is 22.8 Å². The monoisotopic (exact) mass is 607 g/mol. The van der Waals surface area contributed by atoms with Crippen LogP contribution in [0.3, 0.4) is 0 Å². The number of aliphatic hydroxyl groups is 3. The molecule has 1 aromatic rings. The van der Waals surface area contributed by atoms with Crippen LogP contribution >= 0.6 is 0 Å². The van der Waals surface area contributed by atoms with Crippen LogP contribution < -0.4 is 10.6 Å². The number of ketones is 2. The van der Waals surface area contributed by atoms with E-state index in [1.807, 2.05) is 19.0 Å². The Bertz CT molecular complexity index is 1520. The van der Waals surface area contributed by atoms with Gasteiger partial charge in [0.15, 0.2) is 11.4 Å². The van der Waals surface area contributed by atoms with Crippen LogP contribution in [0.25, 0.3) is 0 Å². The summed E-state index contributed by atoms with van der Waals surface area (Å²) in [5.74, 6) is -3.99. The molecule has 7 rings (SSSR count). The summed E-state index contributed by atoms with van der Waals surface area (Å²) < 4.78 is 0. The number of benzene rings is 1. The Hall–Kier alpha value is -3.37. The van der Waals surface area contributed by atoms with Gasteiger partial charge in [-0.1, -0.05) is 20.8 Å². The zero-order valence-electron chi connectivity index (χ0n) is 26.3. The number of nitrogens with zero attached hydrogens (tertiary/aromatic N) is 2. The molecule has 1 amide bonds. The van der Waals surface area contributed by atoms with E-state index in [1.54, 1.807) is 6.07 Å². The number of hydrogen-bond acceptors (Lipinski definition) is 9. The Balaban J connectivity index is 1.36. The number of primary amides is 1. The van der Waals surface area contributed by atoms with Gasteiger partial charge >= 0.3 is 0 Å². The summed E-state index contributed by atoms with van der Waals surface area (Å²) in [5, 5.41) is 44.6. The average molecular weight is 608 g/mol. The van der Waals surface area contributed by atoms with Gasteiger partial charge in [-0.15, -0.1) is 0 Å². The zero-order chi connectivity index (χ0) is 32.0. The number of carbonyl (C=O) groups is 3. The van der Waals surface area contributed by atoms with Crippen LogP contribution in [0.5, 0.6) is 5.75 Å². The van der Waals surface area contributed by atoms with E-state index in [-0.39, 0.29) is 36.1 Å². The minimum absolute atomic E-state index is 0.0478. The SMILES string of the molecule is CCN(Cc1cc(O)c2c(c1N(C)C)CC1C[C@H]3CC(O)=C(C(N)=O)C(=O)[C@@]3(O)C(O)=C1C2=O)C[C@H]1CCC2CC1C2(C)C. The molecule has 10 nitrogen and oxygen atoms in total. The maximum atomic E-state index is 14.0. The van der Waals surface area contributed by atoms with Gasteiger partial charge in [0.05, 0.1) is 5.56 Å². The number of carbonyl (C=O) groups excluding carboxylic acids is 3. The third-order valence-electron chi connectivity index (χ3n) is 11.9. The topological polar surface area (TPSA) is 165 Å². The summed E-state index contributed by atoms with van der Waals surface area (Å²) in [6.07, 6.45) is 3.98. The van der Waals surface area contributed by atoms with Gasteiger partial charge in [0.25, 0.3) is 5.91 Å².